The lowest BCUT2D eigenvalue weighted by atomic mass is 9.95. The van der Waals surface area contributed by atoms with Gasteiger partial charge in [-0.1, -0.05) is 42.5 Å². The minimum Gasteiger partial charge on any atom is -0.480 e. The van der Waals surface area contributed by atoms with Crippen molar-refractivity contribution in [3.8, 4) is 0 Å². The standard InChI is InChI=1S/C34H40N2O15/c1-18(48-33-28(35-19(2)37)30(50-22(5)40)29(49-21(4)39)26(51-33)17-45-20(3)38)27(31(41)42)36-34(44)47-16-24-11-13-25(14-12-24)32(43)46-15-23-9-7-6-8-10-23/h6-14,18,26-30,33H,15-17H2,1-5H3,(H,35,37)(H,36,44)(H,41,42)/t18-,26-,27+,28-,29-,30-,33-/m1/s1. The molecule has 0 bridgehead atoms. The molecule has 0 unspecified atom stereocenters. The number of carbonyl (C=O) groups excluding carboxylic acids is 6. The Balaban J connectivity index is 1.69. The van der Waals surface area contributed by atoms with E-state index in [9.17, 15) is 38.7 Å². The van der Waals surface area contributed by atoms with Crippen molar-refractivity contribution >= 4 is 41.8 Å². The minimum absolute atomic E-state index is 0.0921. The number of hydrogen-bond donors (Lipinski definition) is 3. The highest BCUT2D eigenvalue weighted by atomic mass is 16.7. The van der Waals surface area contributed by atoms with Crippen LogP contribution in [0.5, 0.6) is 0 Å². The Morgan fingerprint density at radius 3 is 1.92 bits per heavy atom. The van der Waals surface area contributed by atoms with E-state index in [1.165, 1.54) is 31.2 Å². The summed E-state index contributed by atoms with van der Waals surface area (Å²) in [6, 6.07) is 12.1. The lowest BCUT2D eigenvalue weighted by molar-refractivity contribution is -0.287. The molecule has 0 aliphatic carbocycles. The van der Waals surface area contributed by atoms with E-state index in [0.29, 0.717) is 5.56 Å². The highest BCUT2D eigenvalue weighted by Gasteiger charge is 2.52. The van der Waals surface area contributed by atoms with Gasteiger partial charge in [0.2, 0.25) is 5.91 Å². The first-order chi connectivity index (χ1) is 24.1. The van der Waals surface area contributed by atoms with Gasteiger partial charge in [-0.2, -0.15) is 0 Å². The largest absolute Gasteiger partial charge is 0.480 e. The Bertz CT molecular complexity index is 1550. The normalized spacial score (nSPS) is 20.8. The number of carbonyl (C=O) groups is 7. The molecule has 17 nitrogen and oxygen atoms in total. The van der Waals surface area contributed by atoms with Crippen molar-refractivity contribution in [1.82, 2.24) is 10.6 Å². The molecule has 17 heteroatoms. The SMILES string of the molecule is CC(=O)N[C@H]1[C@H](O[C@H](C)[C@H](NC(=O)OCc2ccc(C(=O)OCc3ccccc3)cc2)C(=O)O)O[C@H](COC(C)=O)[C@@H](OC(C)=O)[C@@H]1OC(C)=O. The van der Waals surface area contributed by atoms with Gasteiger partial charge in [0.15, 0.2) is 24.5 Å². The second-order valence-corrected chi connectivity index (χ2v) is 11.4. The summed E-state index contributed by atoms with van der Waals surface area (Å²) in [6.45, 7) is 4.98. The molecule has 1 aliphatic rings. The highest BCUT2D eigenvalue weighted by molar-refractivity contribution is 5.89. The number of carboxylic acid groups (broad SMARTS) is 1. The summed E-state index contributed by atoms with van der Waals surface area (Å²) in [6.07, 6.45) is -8.25. The average Bonchev–Trinajstić information content (AvgIpc) is 3.06. The van der Waals surface area contributed by atoms with Gasteiger partial charge in [-0.05, 0) is 30.2 Å². The second kappa shape index (κ2) is 19.0. The molecule has 7 atom stereocenters. The van der Waals surface area contributed by atoms with Crippen LogP contribution in [0.1, 0.15) is 56.1 Å². The number of nitrogens with one attached hydrogen (secondary N) is 2. The smallest absolute Gasteiger partial charge is 0.408 e. The van der Waals surface area contributed by atoms with Crippen molar-refractivity contribution in [2.24, 2.45) is 0 Å². The Kier molecular flexibility index (Phi) is 14.9. The Morgan fingerprint density at radius 1 is 0.765 bits per heavy atom. The van der Waals surface area contributed by atoms with Gasteiger partial charge in [0.25, 0.3) is 0 Å². The molecular weight excluding hydrogens is 676 g/mol. The summed E-state index contributed by atoms with van der Waals surface area (Å²) < 4.78 is 38.0. The Labute approximate surface area is 292 Å². The molecule has 1 heterocycles. The van der Waals surface area contributed by atoms with Gasteiger partial charge in [-0.3, -0.25) is 19.2 Å². The average molecular weight is 717 g/mol. The van der Waals surface area contributed by atoms with E-state index >= 15 is 0 Å². The van der Waals surface area contributed by atoms with Gasteiger partial charge in [-0.15, -0.1) is 0 Å². The number of esters is 4. The van der Waals surface area contributed by atoms with Crippen molar-refractivity contribution in [2.45, 2.75) is 90.6 Å². The second-order valence-electron chi connectivity index (χ2n) is 11.4. The zero-order chi connectivity index (χ0) is 37.7. The van der Waals surface area contributed by atoms with Gasteiger partial charge in [0.1, 0.15) is 32.0 Å². The van der Waals surface area contributed by atoms with E-state index in [0.717, 1.165) is 33.3 Å². The fourth-order valence-electron chi connectivity index (χ4n) is 4.94. The molecule has 2 aromatic rings. The van der Waals surface area contributed by atoms with E-state index in [1.54, 1.807) is 0 Å². The molecule has 0 spiro atoms. The number of rotatable bonds is 15. The predicted molar refractivity (Wildman–Crippen MR) is 171 cm³/mol. The van der Waals surface area contributed by atoms with Crippen LogP contribution in [0.25, 0.3) is 0 Å². The molecule has 1 fully saturated rings. The molecule has 3 rings (SSSR count). The van der Waals surface area contributed by atoms with Crippen LogP contribution in [0.2, 0.25) is 0 Å². The van der Waals surface area contributed by atoms with Gasteiger partial charge in [0, 0.05) is 27.7 Å². The van der Waals surface area contributed by atoms with Gasteiger partial charge in [0.05, 0.1) is 11.7 Å². The molecule has 1 aliphatic heterocycles. The van der Waals surface area contributed by atoms with Crippen molar-refractivity contribution in [3.63, 3.8) is 0 Å². The van der Waals surface area contributed by atoms with Crippen LogP contribution in [-0.4, -0.2) is 96.3 Å². The highest BCUT2D eigenvalue weighted by Crippen LogP contribution is 2.29. The summed E-state index contributed by atoms with van der Waals surface area (Å²) in [5.41, 5.74) is 1.57. The molecule has 2 aromatic carbocycles. The topological polar surface area (TPSA) is 228 Å². The number of aliphatic carboxylic acids is 1. The van der Waals surface area contributed by atoms with Crippen molar-refractivity contribution < 1.29 is 71.8 Å². The van der Waals surface area contributed by atoms with E-state index in [1.807, 2.05) is 30.3 Å². The molecule has 0 saturated carbocycles. The maximum absolute atomic E-state index is 12.7. The third-order valence-electron chi connectivity index (χ3n) is 7.20. The van der Waals surface area contributed by atoms with Crippen LogP contribution in [0.3, 0.4) is 0 Å². The predicted octanol–water partition coefficient (Wildman–Crippen LogP) is 1.78. The maximum Gasteiger partial charge on any atom is 0.408 e. The maximum atomic E-state index is 12.7. The Morgan fingerprint density at radius 2 is 1.35 bits per heavy atom. The molecule has 2 amide bonds. The van der Waals surface area contributed by atoms with Crippen molar-refractivity contribution in [2.75, 3.05) is 6.61 Å². The summed E-state index contributed by atoms with van der Waals surface area (Å²) in [4.78, 5) is 85.1. The summed E-state index contributed by atoms with van der Waals surface area (Å²) in [5.74, 6) is -5.09. The number of alkyl carbamates (subject to hydrolysis) is 1. The first-order valence-corrected chi connectivity index (χ1v) is 15.7. The lowest BCUT2D eigenvalue weighted by Crippen LogP contribution is -2.67. The zero-order valence-electron chi connectivity index (χ0n) is 28.5. The molecular formula is C34H40N2O15. The number of amides is 2. The van der Waals surface area contributed by atoms with Crippen LogP contribution in [0.15, 0.2) is 54.6 Å². The third-order valence-corrected chi connectivity index (χ3v) is 7.20. The van der Waals surface area contributed by atoms with Crippen LogP contribution in [-0.2, 0) is 70.3 Å². The van der Waals surface area contributed by atoms with E-state index in [-0.39, 0.29) is 18.8 Å². The lowest BCUT2D eigenvalue weighted by Gasteiger charge is -2.45. The third kappa shape index (κ3) is 12.7. The van der Waals surface area contributed by atoms with Crippen LogP contribution < -0.4 is 10.6 Å². The van der Waals surface area contributed by atoms with Crippen LogP contribution in [0.4, 0.5) is 4.79 Å². The number of carboxylic acids is 1. The van der Waals surface area contributed by atoms with E-state index in [4.69, 9.17) is 33.2 Å². The van der Waals surface area contributed by atoms with Crippen molar-refractivity contribution in [3.05, 3.63) is 71.3 Å². The Hall–Kier alpha value is -5.55. The molecule has 0 radical (unpaired) electrons. The van der Waals surface area contributed by atoms with Gasteiger partial charge in [-0.25, -0.2) is 14.4 Å². The molecule has 3 N–H and O–H groups in total. The van der Waals surface area contributed by atoms with Gasteiger partial charge >= 0.3 is 35.9 Å². The summed E-state index contributed by atoms with van der Waals surface area (Å²) >= 11 is 0. The summed E-state index contributed by atoms with van der Waals surface area (Å²) in [7, 11) is 0. The number of ether oxygens (including phenoxy) is 7. The first kappa shape index (κ1) is 39.9. The summed E-state index contributed by atoms with van der Waals surface area (Å²) in [5, 5.41) is 14.6. The molecule has 276 valence electrons. The fraction of sp³-hybridized carbons (Fsp3) is 0.441. The van der Waals surface area contributed by atoms with Crippen LogP contribution in [0, 0.1) is 0 Å². The van der Waals surface area contributed by atoms with E-state index < -0.39 is 91.2 Å². The number of hydrogen-bond acceptors (Lipinski definition) is 14. The van der Waals surface area contributed by atoms with E-state index in [2.05, 4.69) is 10.6 Å². The fourth-order valence-corrected chi connectivity index (χ4v) is 4.94. The van der Waals surface area contributed by atoms with Crippen LogP contribution >= 0.6 is 0 Å². The number of benzene rings is 2. The van der Waals surface area contributed by atoms with Gasteiger partial charge < -0.3 is 48.9 Å². The zero-order valence-corrected chi connectivity index (χ0v) is 28.5. The first-order valence-electron chi connectivity index (χ1n) is 15.7. The van der Waals surface area contributed by atoms with Crippen molar-refractivity contribution in [1.29, 1.82) is 0 Å². The quantitative estimate of drug-likeness (QED) is 0.176. The molecule has 0 aromatic heterocycles. The molecule has 51 heavy (non-hydrogen) atoms. The molecule has 1 saturated heterocycles. The minimum atomic E-state index is -1.74. The monoisotopic (exact) mass is 716 g/mol.